The predicted octanol–water partition coefficient (Wildman–Crippen LogP) is 1.49. The van der Waals surface area contributed by atoms with Crippen molar-refractivity contribution in [2.45, 2.75) is 18.0 Å². The number of aliphatic imine (C=N–C) groups is 1. The molecule has 2 aromatic rings. The number of benzene rings is 1. The van der Waals surface area contributed by atoms with Crippen molar-refractivity contribution < 1.29 is 35.6 Å². The van der Waals surface area contributed by atoms with Crippen molar-refractivity contribution in [3.05, 3.63) is 41.9 Å². The van der Waals surface area contributed by atoms with Gasteiger partial charge in [0.25, 0.3) is 5.89 Å². The van der Waals surface area contributed by atoms with E-state index in [1.165, 1.54) is 24.3 Å². The lowest BCUT2D eigenvalue weighted by atomic mass is 10.2. The Hall–Kier alpha value is -3.26. The molecule has 0 saturated carbocycles. The number of carbonyl (C=O) groups is 1. The number of nitrogens with two attached hydrogens (primary N) is 1. The first-order valence-corrected chi connectivity index (χ1v) is 11.4. The van der Waals surface area contributed by atoms with Crippen LogP contribution in [0.2, 0.25) is 0 Å². The van der Waals surface area contributed by atoms with Gasteiger partial charge in [0, 0.05) is 18.4 Å². The average molecular weight is 489 g/mol. The first-order valence-electron chi connectivity index (χ1n) is 9.51. The minimum atomic E-state index is -4.86. The van der Waals surface area contributed by atoms with E-state index in [0.717, 1.165) is 6.26 Å². The molecule has 3 N–H and O–H groups in total. The van der Waals surface area contributed by atoms with Gasteiger partial charge >= 0.3 is 12.1 Å². The lowest BCUT2D eigenvalue weighted by molar-refractivity contribution is -0.141. The number of likely N-dealkylation sites (N-methyl/N-ethyl adjacent to an activating group) is 1. The van der Waals surface area contributed by atoms with E-state index < -0.39 is 39.9 Å². The Morgan fingerprint density at radius 2 is 2.09 bits per heavy atom. The van der Waals surface area contributed by atoms with Crippen LogP contribution in [-0.2, 0) is 19.4 Å². The third kappa shape index (κ3) is 7.98. The van der Waals surface area contributed by atoms with Crippen molar-refractivity contribution in [2.24, 2.45) is 10.7 Å². The van der Waals surface area contributed by atoms with Gasteiger partial charge in [-0.15, -0.1) is 0 Å². The van der Waals surface area contributed by atoms with Crippen LogP contribution in [0.1, 0.15) is 12.7 Å². The highest BCUT2D eigenvalue weighted by Crippen LogP contribution is 2.23. The van der Waals surface area contributed by atoms with E-state index in [1.807, 2.05) is 6.92 Å². The van der Waals surface area contributed by atoms with E-state index in [1.54, 1.807) is 0 Å². The second kappa shape index (κ2) is 11.0. The Bertz CT molecular complexity index is 1140. The molecule has 180 valence electrons. The van der Waals surface area contributed by atoms with E-state index in [4.69, 9.17) is 15.0 Å². The van der Waals surface area contributed by atoms with Crippen LogP contribution in [0.4, 0.5) is 13.2 Å². The number of carbonyl (C=O) groups excluding carboxylic acids is 1. The quantitative estimate of drug-likeness (QED) is 0.287. The topological polar surface area (TPSA) is 150 Å². The summed E-state index contributed by atoms with van der Waals surface area (Å²) in [6, 6.07) is 5.54. The number of nitrogens with one attached hydrogen (secondary N) is 1. The number of esters is 1. The van der Waals surface area contributed by atoms with Crippen LogP contribution in [0.5, 0.6) is 0 Å². The van der Waals surface area contributed by atoms with Crippen LogP contribution >= 0.6 is 0 Å². The second-order valence-electron chi connectivity index (χ2n) is 6.60. The molecule has 0 spiro atoms. The molecule has 0 radical (unpaired) electrons. The number of hydrogen-bond donors (Lipinski definition) is 2. The molecule has 0 aliphatic rings. The van der Waals surface area contributed by atoms with Crippen LogP contribution in [-0.4, -0.2) is 68.9 Å². The highest BCUT2D eigenvalue weighted by molar-refractivity contribution is 7.90. The van der Waals surface area contributed by atoms with Crippen molar-refractivity contribution >= 4 is 21.5 Å². The van der Waals surface area contributed by atoms with Gasteiger partial charge in [-0.1, -0.05) is 18.1 Å². The highest BCUT2D eigenvalue weighted by Gasteiger charge is 2.32. The Morgan fingerprint density at radius 3 is 2.73 bits per heavy atom. The number of alkyl halides is 3. The molecule has 1 heterocycles. The molecule has 0 atom stereocenters. The normalized spacial score (nSPS) is 13.2. The fraction of sp³-hybridized carbons (Fsp3) is 0.368. The van der Waals surface area contributed by atoms with Crippen molar-refractivity contribution in [2.75, 3.05) is 32.5 Å². The monoisotopic (exact) mass is 489 g/mol. The third-order valence-corrected chi connectivity index (χ3v) is 5.06. The van der Waals surface area contributed by atoms with Gasteiger partial charge in [0.15, 0.2) is 9.84 Å². The Balaban J connectivity index is 2.33. The summed E-state index contributed by atoms with van der Waals surface area (Å²) in [5.74, 6) is -1.34. The number of allylic oxidation sites excluding steroid dienone is 2. The number of ether oxygens (including phenoxy) is 1. The summed E-state index contributed by atoms with van der Waals surface area (Å²) in [4.78, 5) is 19.6. The summed E-state index contributed by atoms with van der Waals surface area (Å²) >= 11 is 0. The molecule has 0 saturated heterocycles. The van der Waals surface area contributed by atoms with Gasteiger partial charge < -0.3 is 20.3 Å². The Morgan fingerprint density at radius 1 is 1.36 bits per heavy atom. The number of hydrogen-bond acceptors (Lipinski definition) is 10. The van der Waals surface area contributed by atoms with Gasteiger partial charge in [-0.05, 0) is 30.8 Å². The van der Waals surface area contributed by atoms with Crippen molar-refractivity contribution in [3.63, 3.8) is 0 Å². The number of halogens is 3. The number of sulfone groups is 1. The number of nitrogens with zero attached hydrogens (tertiary/aromatic N) is 3. The van der Waals surface area contributed by atoms with Gasteiger partial charge in [-0.25, -0.2) is 8.42 Å². The second-order valence-corrected chi connectivity index (χ2v) is 8.61. The van der Waals surface area contributed by atoms with Gasteiger partial charge in [0.1, 0.15) is 24.6 Å². The highest BCUT2D eigenvalue weighted by atomic mass is 32.2. The van der Waals surface area contributed by atoms with Crippen LogP contribution < -0.4 is 11.1 Å². The minimum absolute atomic E-state index is 0.0184. The molecule has 0 fully saturated rings. The zero-order chi connectivity index (χ0) is 24.6. The molecule has 1 aromatic carbocycles. The molecule has 10 nitrogen and oxygen atoms in total. The van der Waals surface area contributed by atoms with E-state index in [9.17, 15) is 26.4 Å². The smallest absolute Gasteiger partial charge is 0.430 e. The maximum absolute atomic E-state index is 12.9. The van der Waals surface area contributed by atoms with E-state index in [2.05, 4.69) is 20.4 Å². The van der Waals surface area contributed by atoms with Gasteiger partial charge in [-0.2, -0.15) is 18.2 Å². The lowest BCUT2D eigenvalue weighted by Crippen LogP contribution is -2.23. The van der Waals surface area contributed by atoms with Crippen LogP contribution in [0.15, 0.2) is 50.4 Å². The fourth-order valence-electron chi connectivity index (χ4n) is 2.32. The number of rotatable bonds is 10. The molecule has 14 heteroatoms. The standard InChI is InChI=1S/C19H22F3N5O5S/c1-3-24-7-8-31-16(28)11-25-14(10-15(23)19(20,21)22)17-26-18(32-27-17)12-5-4-6-13(9-12)33(2,29)30/h4-6,9-10,24H,3,7-8,11,23H2,1-2H3. The summed E-state index contributed by atoms with van der Waals surface area (Å²) in [6.45, 7) is 2.39. The molecule has 1 aromatic heterocycles. The zero-order valence-electron chi connectivity index (χ0n) is 17.7. The van der Waals surface area contributed by atoms with Crippen LogP contribution in [0, 0.1) is 0 Å². The first kappa shape index (κ1) is 26.0. The molecule has 2 rings (SSSR count). The Labute approximate surface area is 187 Å². The number of aromatic nitrogens is 2. The predicted molar refractivity (Wildman–Crippen MR) is 112 cm³/mol. The summed E-state index contributed by atoms with van der Waals surface area (Å²) in [6.07, 6.45) is -3.38. The van der Waals surface area contributed by atoms with Crippen molar-refractivity contribution in [1.29, 1.82) is 0 Å². The van der Waals surface area contributed by atoms with E-state index in [-0.39, 0.29) is 28.8 Å². The summed E-state index contributed by atoms with van der Waals surface area (Å²) < 4.78 is 72.2. The maximum atomic E-state index is 12.9. The van der Waals surface area contributed by atoms with Crippen molar-refractivity contribution in [1.82, 2.24) is 15.5 Å². The van der Waals surface area contributed by atoms with E-state index >= 15 is 0 Å². The van der Waals surface area contributed by atoms with E-state index in [0.29, 0.717) is 19.2 Å². The fourth-order valence-corrected chi connectivity index (χ4v) is 2.99. The lowest BCUT2D eigenvalue weighted by Gasteiger charge is -2.06. The zero-order valence-corrected chi connectivity index (χ0v) is 18.5. The largest absolute Gasteiger partial charge is 0.463 e. The maximum Gasteiger partial charge on any atom is 0.430 e. The minimum Gasteiger partial charge on any atom is -0.463 e. The van der Waals surface area contributed by atoms with Gasteiger partial charge in [0.05, 0.1) is 4.90 Å². The van der Waals surface area contributed by atoms with Crippen molar-refractivity contribution in [3.8, 4) is 11.5 Å². The summed E-state index contributed by atoms with van der Waals surface area (Å²) in [5, 5.41) is 6.52. The summed E-state index contributed by atoms with van der Waals surface area (Å²) in [7, 11) is -3.53. The molecular weight excluding hydrogens is 467 g/mol. The molecule has 0 unspecified atom stereocenters. The molecule has 33 heavy (non-hydrogen) atoms. The van der Waals surface area contributed by atoms with Crippen LogP contribution in [0.25, 0.3) is 11.5 Å². The molecular formula is C19H22F3N5O5S. The first-order chi connectivity index (χ1) is 15.4. The van der Waals surface area contributed by atoms with Gasteiger partial charge in [0.2, 0.25) is 5.82 Å². The summed E-state index contributed by atoms with van der Waals surface area (Å²) in [5.41, 5.74) is 3.32. The molecule has 0 bridgehead atoms. The van der Waals surface area contributed by atoms with Gasteiger partial charge in [-0.3, -0.25) is 9.79 Å². The van der Waals surface area contributed by atoms with Crippen LogP contribution in [0.3, 0.4) is 0 Å². The molecule has 0 aliphatic heterocycles. The Kier molecular flexibility index (Phi) is 8.70. The SMILES string of the molecule is CCNCCOC(=O)CN=C(C=C(N)C(F)(F)F)c1noc(-c2cccc(S(C)(=O)=O)c2)n1. The average Bonchev–Trinajstić information content (AvgIpc) is 3.23. The molecule has 0 amide bonds. The third-order valence-electron chi connectivity index (χ3n) is 3.95. The molecule has 0 aliphatic carbocycles.